The smallest absolute Gasteiger partial charge is 0.339 e. The number of nitrogens with two attached hydrogens (primary N) is 1. The van der Waals surface area contributed by atoms with E-state index in [2.05, 4.69) is 0 Å². The number of carboxylic acid groups (broad SMARTS) is 1. The molecule has 2 rings (SSSR count). The lowest BCUT2D eigenvalue weighted by Crippen LogP contribution is -2.05. The summed E-state index contributed by atoms with van der Waals surface area (Å²) in [5.41, 5.74) is 6.24. The van der Waals surface area contributed by atoms with Crippen LogP contribution in [0.3, 0.4) is 0 Å². The fourth-order valence-electron chi connectivity index (χ4n) is 1.18. The summed E-state index contributed by atoms with van der Waals surface area (Å²) in [5, 5.41) is 8.87. The highest BCUT2D eigenvalue weighted by Gasteiger charge is 2.25. The molecular formula is C10H11NO3. The first-order valence-corrected chi connectivity index (χ1v) is 4.46. The summed E-state index contributed by atoms with van der Waals surface area (Å²) in [7, 11) is 0. The maximum atomic E-state index is 10.8. The van der Waals surface area contributed by atoms with Gasteiger partial charge in [-0.25, -0.2) is 4.79 Å². The van der Waals surface area contributed by atoms with Gasteiger partial charge in [0.25, 0.3) is 0 Å². The molecule has 0 saturated heterocycles. The minimum Gasteiger partial charge on any atom is -0.489 e. The number of carboxylic acids is 1. The van der Waals surface area contributed by atoms with Crippen molar-refractivity contribution in [1.29, 1.82) is 0 Å². The van der Waals surface area contributed by atoms with E-state index < -0.39 is 5.97 Å². The predicted molar refractivity (Wildman–Crippen MR) is 51.5 cm³/mol. The summed E-state index contributed by atoms with van der Waals surface area (Å²) in [6.45, 7) is 0. The molecule has 0 unspecified atom stereocenters. The Hall–Kier alpha value is -1.71. The third kappa shape index (κ3) is 1.79. The van der Waals surface area contributed by atoms with Crippen molar-refractivity contribution in [3.8, 4) is 5.75 Å². The Labute approximate surface area is 81.3 Å². The van der Waals surface area contributed by atoms with Gasteiger partial charge in [0.1, 0.15) is 11.3 Å². The molecule has 74 valence electrons. The zero-order valence-corrected chi connectivity index (χ0v) is 7.56. The SMILES string of the molecule is Nc1ccc(C(=O)O)c(OC2CC2)c1. The van der Waals surface area contributed by atoms with Crippen molar-refractivity contribution in [2.75, 3.05) is 5.73 Å². The fraction of sp³-hybridized carbons (Fsp3) is 0.300. The zero-order chi connectivity index (χ0) is 10.1. The minimum absolute atomic E-state index is 0.172. The first-order valence-electron chi connectivity index (χ1n) is 4.46. The topological polar surface area (TPSA) is 72.6 Å². The molecule has 1 aliphatic rings. The minimum atomic E-state index is -0.986. The molecular weight excluding hydrogens is 182 g/mol. The van der Waals surface area contributed by atoms with E-state index in [0.29, 0.717) is 11.4 Å². The van der Waals surface area contributed by atoms with E-state index in [1.807, 2.05) is 0 Å². The standard InChI is InChI=1S/C10H11NO3/c11-6-1-4-8(10(12)13)9(5-6)14-7-2-3-7/h1,4-5,7H,2-3,11H2,(H,12,13). The van der Waals surface area contributed by atoms with Crippen molar-refractivity contribution in [3.05, 3.63) is 23.8 Å². The van der Waals surface area contributed by atoms with Crippen molar-refractivity contribution in [3.63, 3.8) is 0 Å². The number of hydrogen-bond donors (Lipinski definition) is 2. The van der Waals surface area contributed by atoms with Gasteiger partial charge in [0.2, 0.25) is 0 Å². The second kappa shape index (κ2) is 3.21. The summed E-state index contributed by atoms with van der Waals surface area (Å²) in [4.78, 5) is 10.8. The molecule has 0 aliphatic heterocycles. The number of aromatic carboxylic acids is 1. The van der Waals surface area contributed by atoms with Gasteiger partial charge in [0, 0.05) is 11.8 Å². The second-order valence-corrected chi connectivity index (χ2v) is 3.38. The maximum Gasteiger partial charge on any atom is 0.339 e. The average molecular weight is 193 g/mol. The van der Waals surface area contributed by atoms with E-state index >= 15 is 0 Å². The molecule has 4 heteroatoms. The monoisotopic (exact) mass is 193 g/mol. The Kier molecular flexibility index (Phi) is 2.04. The van der Waals surface area contributed by atoms with Crippen LogP contribution in [0.2, 0.25) is 0 Å². The van der Waals surface area contributed by atoms with Crippen LogP contribution >= 0.6 is 0 Å². The van der Waals surface area contributed by atoms with Crippen LogP contribution in [-0.2, 0) is 0 Å². The lowest BCUT2D eigenvalue weighted by molar-refractivity contribution is 0.0692. The number of carbonyl (C=O) groups is 1. The van der Waals surface area contributed by atoms with Gasteiger partial charge in [-0.1, -0.05) is 0 Å². The van der Waals surface area contributed by atoms with E-state index in [1.54, 1.807) is 12.1 Å². The summed E-state index contributed by atoms with van der Waals surface area (Å²) in [6, 6.07) is 4.58. The Bertz CT molecular complexity index is 372. The Morgan fingerprint density at radius 1 is 1.50 bits per heavy atom. The molecule has 1 aliphatic carbocycles. The molecule has 0 radical (unpaired) electrons. The van der Waals surface area contributed by atoms with E-state index in [-0.39, 0.29) is 11.7 Å². The van der Waals surface area contributed by atoms with Crippen LogP contribution in [0.5, 0.6) is 5.75 Å². The van der Waals surface area contributed by atoms with E-state index in [1.165, 1.54) is 6.07 Å². The highest BCUT2D eigenvalue weighted by atomic mass is 16.5. The summed E-state index contributed by atoms with van der Waals surface area (Å²) < 4.78 is 5.44. The van der Waals surface area contributed by atoms with E-state index in [0.717, 1.165) is 12.8 Å². The molecule has 1 aromatic carbocycles. The summed E-state index contributed by atoms with van der Waals surface area (Å²) in [6.07, 6.45) is 2.16. The molecule has 1 aromatic rings. The molecule has 0 heterocycles. The molecule has 0 bridgehead atoms. The third-order valence-electron chi connectivity index (χ3n) is 2.05. The summed E-state index contributed by atoms with van der Waals surface area (Å²) in [5.74, 6) is -0.611. The van der Waals surface area contributed by atoms with Gasteiger partial charge in [0.05, 0.1) is 6.10 Å². The number of nitrogen functional groups attached to an aromatic ring is 1. The van der Waals surface area contributed by atoms with E-state index in [4.69, 9.17) is 15.6 Å². The van der Waals surface area contributed by atoms with Crippen molar-refractivity contribution < 1.29 is 14.6 Å². The van der Waals surface area contributed by atoms with Crippen LogP contribution in [-0.4, -0.2) is 17.2 Å². The molecule has 4 nitrogen and oxygen atoms in total. The lowest BCUT2D eigenvalue weighted by Gasteiger charge is -2.08. The third-order valence-corrected chi connectivity index (χ3v) is 2.05. The van der Waals surface area contributed by atoms with Gasteiger partial charge in [-0.3, -0.25) is 0 Å². The second-order valence-electron chi connectivity index (χ2n) is 3.38. The quantitative estimate of drug-likeness (QED) is 0.713. The van der Waals surface area contributed by atoms with Crippen LogP contribution < -0.4 is 10.5 Å². The summed E-state index contributed by atoms with van der Waals surface area (Å²) >= 11 is 0. The van der Waals surface area contributed by atoms with Crippen LogP contribution in [0, 0.1) is 0 Å². The lowest BCUT2D eigenvalue weighted by atomic mass is 10.2. The average Bonchev–Trinajstić information content (AvgIpc) is 2.87. The zero-order valence-electron chi connectivity index (χ0n) is 7.56. The Morgan fingerprint density at radius 3 is 2.79 bits per heavy atom. The number of anilines is 1. The first kappa shape index (κ1) is 8.87. The molecule has 1 fully saturated rings. The largest absolute Gasteiger partial charge is 0.489 e. The first-order chi connectivity index (χ1) is 6.66. The molecule has 0 aromatic heterocycles. The van der Waals surface area contributed by atoms with Crippen LogP contribution in [0.15, 0.2) is 18.2 Å². The van der Waals surface area contributed by atoms with Crippen molar-refractivity contribution in [1.82, 2.24) is 0 Å². The molecule has 3 N–H and O–H groups in total. The van der Waals surface area contributed by atoms with E-state index in [9.17, 15) is 4.79 Å². The highest BCUT2D eigenvalue weighted by Crippen LogP contribution is 2.30. The fourth-order valence-corrected chi connectivity index (χ4v) is 1.18. The van der Waals surface area contributed by atoms with Gasteiger partial charge >= 0.3 is 5.97 Å². The normalized spacial score (nSPS) is 15.1. The van der Waals surface area contributed by atoms with Crippen molar-refractivity contribution in [2.45, 2.75) is 18.9 Å². The Morgan fingerprint density at radius 2 is 2.21 bits per heavy atom. The van der Waals surface area contributed by atoms with Gasteiger partial charge < -0.3 is 15.6 Å². The van der Waals surface area contributed by atoms with Crippen molar-refractivity contribution in [2.24, 2.45) is 0 Å². The van der Waals surface area contributed by atoms with Gasteiger partial charge in [-0.05, 0) is 25.0 Å². The maximum absolute atomic E-state index is 10.8. The molecule has 0 spiro atoms. The number of rotatable bonds is 3. The van der Waals surface area contributed by atoms with Gasteiger partial charge in [0.15, 0.2) is 0 Å². The molecule has 0 amide bonds. The predicted octanol–water partition coefficient (Wildman–Crippen LogP) is 1.51. The van der Waals surface area contributed by atoms with Gasteiger partial charge in [-0.2, -0.15) is 0 Å². The van der Waals surface area contributed by atoms with Crippen LogP contribution in [0.25, 0.3) is 0 Å². The van der Waals surface area contributed by atoms with Crippen molar-refractivity contribution >= 4 is 11.7 Å². The number of ether oxygens (including phenoxy) is 1. The number of benzene rings is 1. The van der Waals surface area contributed by atoms with Crippen LogP contribution in [0.1, 0.15) is 23.2 Å². The number of hydrogen-bond acceptors (Lipinski definition) is 3. The van der Waals surface area contributed by atoms with Crippen LogP contribution in [0.4, 0.5) is 5.69 Å². The molecule has 0 atom stereocenters. The molecule has 14 heavy (non-hydrogen) atoms. The van der Waals surface area contributed by atoms with Gasteiger partial charge in [-0.15, -0.1) is 0 Å². The Balaban J connectivity index is 2.31. The molecule has 1 saturated carbocycles. The highest BCUT2D eigenvalue weighted by molar-refractivity contribution is 5.91.